The molecule has 8 nitrogen and oxygen atoms in total. The summed E-state index contributed by atoms with van der Waals surface area (Å²) in [7, 11) is 0. The zero-order valence-electron chi connectivity index (χ0n) is 22.8. The van der Waals surface area contributed by atoms with Crippen molar-refractivity contribution >= 4 is 28.8 Å². The van der Waals surface area contributed by atoms with Crippen molar-refractivity contribution in [1.29, 1.82) is 0 Å². The lowest BCUT2D eigenvalue weighted by atomic mass is 10.1. The minimum absolute atomic E-state index is 0.0108. The van der Waals surface area contributed by atoms with Gasteiger partial charge < -0.3 is 9.47 Å². The van der Waals surface area contributed by atoms with Crippen LogP contribution in [0.1, 0.15) is 71.0 Å². The van der Waals surface area contributed by atoms with E-state index in [1.807, 2.05) is 18.7 Å². The van der Waals surface area contributed by atoms with E-state index in [1.165, 1.54) is 24.5 Å². The van der Waals surface area contributed by atoms with Crippen molar-refractivity contribution < 1.29 is 9.59 Å². The largest absolute Gasteiger partial charge is 0.337 e. The summed E-state index contributed by atoms with van der Waals surface area (Å²) < 4.78 is 2.19. The van der Waals surface area contributed by atoms with Crippen molar-refractivity contribution in [2.75, 3.05) is 31.5 Å². The van der Waals surface area contributed by atoms with E-state index in [-0.39, 0.29) is 17.9 Å². The molecule has 3 aromatic rings. The molecule has 4 heterocycles. The molecule has 0 unspecified atom stereocenters. The topological polar surface area (TPSA) is 83.4 Å². The summed E-state index contributed by atoms with van der Waals surface area (Å²) in [5, 5.41) is 3.14. The van der Waals surface area contributed by atoms with Crippen LogP contribution in [0.3, 0.4) is 0 Å². The first-order valence-corrected chi connectivity index (χ1v) is 13.7. The number of aromatic nitrogens is 3. The molecule has 0 bridgehead atoms. The van der Waals surface area contributed by atoms with Crippen LogP contribution in [0.4, 0.5) is 5.95 Å². The Morgan fingerprint density at radius 2 is 1.74 bits per heavy atom. The lowest BCUT2D eigenvalue weighted by Crippen LogP contribution is -2.34. The highest BCUT2D eigenvalue weighted by atomic mass is 16.2. The normalized spacial score (nSPS) is 18.5. The lowest BCUT2D eigenvalue weighted by molar-refractivity contribution is -0.126. The van der Waals surface area contributed by atoms with Crippen molar-refractivity contribution in [2.45, 2.75) is 65.5 Å². The highest BCUT2D eigenvalue weighted by molar-refractivity contribution is 6.04. The summed E-state index contributed by atoms with van der Waals surface area (Å²) in [4.78, 5) is 40.0. The molecule has 2 fully saturated rings. The van der Waals surface area contributed by atoms with Crippen molar-refractivity contribution in [1.82, 2.24) is 24.3 Å². The first-order chi connectivity index (χ1) is 18.3. The summed E-state index contributed by atoms with van der Waals surface area (Å²) in [6, 6.07) is 7.93. The minimum Gasteiger partial charge on any atom is -0.337 e. The fourth-order valence-electron chi connectivity index (χ4n) is 5.97. The molecular weight excluding hydrogens is 476 g/mol. The first-order valence-electron chi connectivity index (χ1n) is 13.7. The Balaban J connectivity index is 1.61. The predicted molar refractivity (Wildman–Crippen MR) is 150 cm³/mol. The van der Waals surface area contributed by atoms with Crippen LogP contribution in [0.5, 0.6) is 0 Å². The van der Waals surface area contributed by atoms with Gasteiger partial charge in [0, 0.05) is 36.6 Å². The molecular formula is C30H38N6O2. The number of benzene rings is 1. The van der Waals surface area contributed by atoms with Crippen LogP contribution in [0, 0.1) is 20.8 Å². The van der Waals surface area contributed by atoms with E-state index in [9.17, 15) is 9.59 Å². The lowest BCUT2D eigenvalue weighted by Gasteiger charge is -2.26. The first kappa shape index (κ1) is 26.1. The number of fused-ring (bicyclic) bond motifs is 1. The van der Waals surface area contributed by atoms with Gasteiger partial charge in [-0.1, -0.05) is 18.7 Å². The van der Waals surface area contributed by atoms with E-state index in [0.29, 0.717) is 24.6 Å². The van der Waals surface area contributed by atoms with Crippen LogP contribution in [0.25, 0.3) is 11.0 Å². The molecule has 0 aliphatic carbocycles. The van der Waals surface area contributed by atoms with Gasteiger partial charge in [-0.05, 0) is 95.3 Å². The van der Waals surface area contributed by atoms with Gasteiger partial charge in [-0.25, -0.2) is 4.98 Å². The maximum Gasteiger partial charge on any atom is 0.258 e. The van der Waals surface area contributed by atoms with E-state index < -0.39 is 0 Å². The Labute approximate surface area is 224 Å². The van der Waals surface area contributed by atoms with Crippen molar-refractivity contribution in [3.8, 4) is 0 Å². The standard InChI is InChI=1S/C30H38N6O2/c1-5-26(37)35-15-7-6-10-25(19-35)36-28-20(2)11-12-23(18-34-13-8-9-14-34)27(28)32-30(36)33-29(38)24-16-21(3)31-22(4)17-24/h5,11-12,16-17,25H,1,6-10,13-15,18-19H2,2-4H3,(H,32,33,38)/t25-/m1/s1. The number of imidazole rings is 1. The van der Waals surface area contributed by atoms with Gasteiger partial charge in [0.05, 0.1) is 17.1 Å². The third-order valence-electron chi connectivity index (χ3n) is 7.78. The summed E-state index contributed by atoms with van der Waals surface area (Å²) in [6.45, 7) is 13.9. The third-order valence-corrected chi connectivity index (χ3v) is 7.78. The van der Waals surface area contributed by atoms with E-state index >= 15 is 0 Å². The average Bonchev–Trinajstić information content (AvgIpc) is 3.46. The van der Waals surface area contributed by atoms with Crippen LogP contribution < -0.4 is 5.32 Å². The highest BCUT2D eigenvalue weighted by Gasteiger charge is 2.28. The Kier molecular flexibility index (Phi) is 7.61. The van der Waals surface area contributed by atoms with Crippen LogP contribution in [-0.4, -0.2) is 62.3 Å². The van der Waals surface area contributed by atoms with Crippen molar-refractivity contribution in [2.24, 2.45) is 0 Å². The Bertz CT molecular complexity index is 1350. The van der Waals surface area contributed by atoms with Crippen LogP contribution >= 0.6 is 0 Å². The molecule has 8 heteroatoms. The second-order valence-electron chi connectivity index (χ2n) is 10.8. The SMILES string of the molecule is C=CC(=O)N1CCCC[C@@H](n2c(NC(=O)c3cc(C)nc(C)c3)nc3c(CN4CCCC4)ccc(C)c32)C1. The van der Waals surface area contributed by atoms with E-state index in [4.69, 9.17) is 4.98 Å². The smallest absolute Gasteiger partial charge is 0.258 e. The molecule has 2 aromatic heterocycles. The molecule has 0 spiro atoms. The van der Waals surface area contributed by atoms with Crippen LogP contribution in [0.15, 0.2) is 36.9 Å². The molecule has 2 saturated heterocycles. The number of aryl methyl sites for hydroxylation is 3. The van der Waals surface area contributed by atoms with Gasteiger partial charge in [0.2, 0.25) is 11.9 Å². The number of hydrogen-bond donors (Lipinski definition) is 1. The fraction of sp³-hybridized carbons (Fsp3) is 0.467. The molecule has 2 aliphatic heterocycles. The summed E-state index contributed by atoms with van der Waals surface area (Å²) in [5.41, 5.74) is 6.41. The molecule has 0 radical (unpaired) electrons. The van der Waals surface area contributed by atoms with Crippen LogP contribution in [-0.2, 0) is 11.3 Å². The minimum atomic E-state index is -0.207. The second-order valence-corrected chi connectivity index (χ2v) is 10.8. The van der Waals surface area contributed by atoms with Gasteiger partial charge in [0.15, 0.2) is 0 Å². The zero-order valence-corrected chi connectivity index (χ0v) is 22.8. The third kappa shape index (κ3) is 5.36. The Morgan fingerprint density at radius 1 is 1.03 bits per heavy atom. The number of likely N-dealkylation sites (tertiary alicyclic amines) is 2. The highest BCUT2D eigenvalue weighted by Crippen LogP contribution is 2.34. The maximum absolute atomic E-state index is 13.5. The molecule has 5 rings (SSSR count). The summed E-state index contributed by atoms with van der Waals surface area (Å²) >= 11 is 0. The number of hydrogen-bond acceptors (Lipinski definition) is 5. The molecule has 200 valence electrons. The molecule has 2 aliphatic rings. The van der Waals surface area contributed by atoms with Gasteiger partial charge >= 0.3 is 0 Å². The monoisotopic (exact) mass is 514 g/mol. The molecule has 1 N–H and O–H groups in total. The Morgan fingerprint density at radius 3 is 2.45 bits per heavy atom. The summed E-state index contributed by atoms with van der Waals surface area (Å²) in [5.74, 6) is 0.273. The van der Waals surface area contributed by atoms with E-state index in [1.54, 1.807) is 12.1 Å². The van der Waals surface area contributed by atoms with Crippen LogP contribution in [0.2, 0.25) is 0 Å². The van der Waals surface area contributed by atoms with Gasteiger partial charge in [-0.2, -0.15) is 0 Å². The quantitative estimate of drug-likeness (QED) is 0.471. The number of rotatable bonds is 6. The molecule has 38 heavy (non-hydrogen) atoms. The number of carbonyl (C=O) groups is 2. The molecule has 2 amide bonds. The van der Waals surface area contributed by atoms with Gasteiger partial charge in [0.25, 0.3) is 5.91 Å². The number of nitrogens with one attached hydrogen (secondary N) is 1. The molecule has 1 atom stereocenters. The number of nitrogens with zero attached hydrogens (tertiary/aromatic N) is 5. The van der Waals surface area contributed by atoms with Gasteiger partial charge in [-0.15, -0.1) is 0 Å². The second kappa shape index (κ2) is 11.1. The average molecular weight is 515 g/mol. The molecule has 1 aromatic carbocycles. The van der Waals surface area contributed by atoms with Gasteiger partial charge in [-0.3, -0.25) is 24.8 Å². The predicted octanol–water partition coefficient (Wildman–Crippen LogP) is 4.94. The number of amides is 2. The summed E-state index contributed by atoms with van der Waals surface area (Å²) in [6.07, 6.45) is 6.69. The fourth-order valence-corrected chi connectivity index (χ4v) is 5.97. The number of carbonyl (C=O) groups excluding carboxylic acids is 2. The maximum atomic E-state index is 13.5. The zero-order chi connectivity index (χ0) is 26.8. The van der Waals surface area contributed by atoms with E-state index in [0.717, 1.165) is 66.9 Å². The van der Waals surface area contributed by atoms with Crippen molar-refractivity contribution in [3.63, 3.8) is 0 Å². The number of pyridine rings is 1. The Hall–Kier alpha value is -3.52. The van der Waals surface area contributed by atoms with Gasteiger partial charge in [0.1, 0.15) is 0 Å². The number of anilines is 1. The van der Waals surface area contributed by atoms with E-state index in [2.05, 4.69) is 45.4 Å². The molecule has 0 saturated carbocycles. The van der Waals surface area contributed by atoms with Crippen molar-refractivity contribution in [3.05, 3.63) is 65.0 Å².